The highest BCUT2D eigenvalue weighted by atomic mass is 35.5. The number of benzene rings is 2. The number of alkyl halides is 1. The fourth-order valence-electron chi connectivity index (χ4n) is 5.43. The van der Waals surface area contributed by atoms with Gasteiger partial charge < -0.3 is 25.0 Å². The third kappa shape index (κ3) is 5.64. The fraction of sp³-hybridized carbons (Fsp3) is 0.393. The third-order valence-corrected chi connectivity index (χ3v) is 7.59. The molecule has 9 nitrogen and oxygen atoms in total. The summed E-state index contributed by atoms with van der Waals surface area (Å²) in [5.74, 6) is -1.69. The quantitative estimate of drug-likeness (QED) is 0.282. The zero-order chi connectivity index (χ0) is 29.3. The number of aliphatic hydroxyl groups is 1. The standard InChI is InChI=1S/C21H17ClF2N4O4.C7H12FN/c1-31-20-14-18(27-21(32-2)28-19(14)25-5-6-29)16(24)17(26-20)11-8-10(30)7-9-3-4-12(23)15(22)13(9)11;8-6-4-7-2-1-3-9(7)5-6/h3-4,7-8,29-30H,5-6H2,1-2H3,(H,25,27,28);6-7H,1-5H2. The molecular weight excluding hydrogens is 563 g/mol. The monoisotopic (exact) mass is 591 g/mol. The van der Waals surface area contributed by atoms with Crippen LogP contribution in [0.25, 0.3) is 32.9 Å². The van der Waals surface area contributed by atoms with Gasteiger partial charge in [0.25, 0.3) is 0 Å². The van der Waals surface area contributed by atoms with E-state index in [1.807, 2.05) is 0 Å². The summed E-state index contributed by atoms with van der Waals surface area (Å²) in [6.07, 6.45) is 2.81. The van der Waals surface area contributed by atoms with Crippen LogP contribution in [0.2, 0.25) is 5.02 Å². The molecule has 0 radical (unpaired) electrons. The Bertz CT molecular complexity index is 1580. The third-order valence-electron chi connectivity index (χ3n) is 7.22. The van der Waals surface area contributed by atoms with Gasteiger partial charge in [0.2, 0.25) is 5.88 Å². The maximum atomic E-state index is 15.8. The molecule has 2 atom stereocenters. The van der Waals surface area contributed by atoms with Gasteiger partial charge in [-0.05, 0) is 49.4 Å². The smallest absolute Gasteiger partial charge is 0.318 e. The predicted octanol–water partition coefficient (Wildman–Crippen LogP) is 5.10. The fourth-order valence-corrected chi connectivity index (χ4v) is 5.71. The summed E-state index contributed by atoms with van der Waals surface area (Å²) < 4.78 is 53.1. The number of hydrogen-bond donors (Lipinski definition) is 3. The molecular formula is C28H29ClF3N5O4. The Balaban J connectivity index is 0.000000315. The van der Waals surface area contributed by atoms with Gasteiger partial charge in [0, 0.05) is 30.1 Å². The number of methoxy groups -OCH3 is 2. The van der Waals surface area contributed by atoms with Crippen molar-refractivity contribution in [2.75, 3.05) is 45.8 Å². The second kappa shape index (κ2) is 12.1. The molecule has 2 saturated heterocycles. The summed E-state index contributed by atoms with van der Waals surface area (Å²) in [5, 5.41) is 22.6. The lowest BCUT2D eigenvalue weighted by molar-refractivity contribution is 0.292. The molecule has 2 aliphatic heterocycles. The van der Waals surface area contributed by atoms with E-state index in [0.717, 1.165) is 19.0 Å². The van der Waals surface area contributed by atoms with E-state index in [4.69, 9.17) is 26.2 Å². The topological polar surface area (TPSA) is 113 Å². The van der Waals surface area contributed by atoms with Crippen molar-refractivity contribution in [2.24, 2.45) is 0 Å². The Labute approximate surface area is 238 Å². The summed E-state index contributed by atoms with van der Waals surface area (Å²) in [4.78, 5) is 14.8. The second-order valence-electron chi connectivity index (χ2n) is 9.79. The first-order chi connectivity index (χ1) is 19.7. The molecule has 4 heterocycles. The molecule has 0 saturated carbocycles. The van der Waals surface area contributed by atoms with Crippen molar-refractivity contribution in [3.8, 4) is 28.9 Å². The van der Waals surface area contributed by atoms with Gasteiger partial charge in [0.15, 0.2) is 5.82 Å². The van der Waals surface area contributed by atoms with Crippen LogP contribution >= 0.6 is 11.6 Å². The van der Waals surface area contributed by atoms with Gasteiger partial charge in [0.05, 0.1) is 25.8 Å². The Hall–Kier alpha value is -3.61. The van der Waals surface area contributed by atoms with Crippen LogP contribution in [0.4, 0.5) is 19.0 Å². The van der Waals surface area contributed by atoms with Crippen LogP contribution in [0.15, 0.2) is 24.3 Å². The number of nitrogens with zero attached hydrogens (tertiary/aromatic N) is 4. The number of hydrogen-bond acceptors (Lipinski definition) is 9. The van der Waals surface area contributed by atoms with Gasteiger partial charge in [-0.25, -0.2) is 18.2 Å². The van der Waals surface area contributed by atoms with Crippen LogP contribution in [0.5, 0.6) is 17.6 Å². The van der Waals surface area contributed by atoms with E-state index in [1.165, 1.54) is 45.3 Å². The number of nitrogens with one attached hydrogen (secondary N) is 1. The van der Waals surface area contributed by atoms with Gasteiger partial charge in [0.1, 0.15) is 40.2 Å². The number of phenols is 1. The van der Waals surface area contributed by atoms with Gasteiger partial charge in [-0.1, -0.05) is 17.7 Å². The molecule has 0 amide bonds. The minimum absolute atomic E-state index is 0.0384. The van der Waals surface area contributed by atoms with E-state index < -0.39 is 17.8 Å². The number of ether oxygens (including phenoxy) is 2. The molecule has 4 aromatic rings. The molecule has 13 heteroatoms. The molecule has 2 aliphatic rings. The van der Waals surface area contributed by atoms with Crippen LogP contribution in [-0.4, -0.2) is 82.7 Å². The van der Waals surface area contributed by atoms with E-state index in [1.54, 1.807) is 0 Å². The molecule has 2 aromatic heterocycles. The average molecular weight is 592 g/mol. The van der Waals surface area contributed by atoms with Crippen molar-refractivity contribution in [3.05, 3.63) is 40.9 Å². The van der Waals surface area contributed by atoms with Crippen molar-refractivity contribution in [1.29, 1.82) is 0 Å². The minimum Gasteiger partial charge on any atom is -0.508 e. The van der Waals surface area contributed by atoms with Crippen LogP contribution in [0.1, 0.15) is 19.3 Å². The number of aromatic nitrogens is 3. The average Bonchev–Trinajstić information content (AvgIpc) is 3.55. The van der Waals surface area contributed by atoms with E-state index in [2.05, 4.69) is 25.2 Å². The largest absolute Gasteiger partial charge is 0.508 e. The number of halogens is 4. The summed E-state index contributed by atoms with van der Waals surface area (Å²) >= 11 is 6.19. The van der Waals surface area contributed by atoms with Crippen LogP contribution in [0, 0.1) is 11.6 Å². The van der Waals surface area contributed by atoms with Gasteiger partial charge in [-0.2, -0.15) is 9.97 Å². The van der Waals surface area contributed by atoms with E-state index in [9.17, 15) is 13.9 Å². The van der Waals surface area contributed by atoms with Gasteiger partial charge >= 0.3 is 6.01 Å². The zero-order valence-electron chi connectivity index (χ0n) is 22.4. The Morgan fingerprint density at radius 1 is 1.12 bits per heavy atom. The first kappa shape index (κ1) is 28.9. The van der Waals surface area contributed by atoms with Crippen molar-refractivity contribution in [2.45, 2.75) is 31.5 Å². The Kier molecular flexibility index (Phi) is 8.52. The van der Waals surface area contributed by atoms with Crippen molar-refractivity contribution in [1.82, 2.24) is 19.9 Å². The summed E-state index contributed by atoms with van der Waals surface area (Å²) in [6, 6.07) is 5.64. The summed E-state index contributed by atoms with van der Waals surface area (Å²) in [7, 11) is 2.65. The first-order valence-corrected chi connectivity index (χ1v) is 13.5. The highest BCUT2D eigenvalue weighted by Crippen LogP contribution is 2.42. The molecule has 2 unspecified atom stereocenters. The molecule has 6 rings (SSSR count). The van der Waals surface area contributed by atoms with Crippen LogP contribution in [-0.2, 0) is 0 Å². The maximum Gasteiger partial charge on any atom is 0.318 e. The lowest BCUT2D eigenvalue weighted by Crippen LogP contribution is -2.22. The molecule has 0 spiro atoms. The Morgan fingerprint density at radius 2 is 1.93 bits per heavy atom. The van der Waals surface area contributed by atoms with Crippen LogP contribution in [0.3, 0.4) is 0 Å². The number of phenolic OH excluding ortho intramolecular Hbond substituents is 1. The van der Waals surface area contributed by atoms with Gasteiger partial charge in [-0.15, -0.1) is 0 Å². The number of pyridine rings is 1. The zero-order valence-corrected chi connectivity index (χ0v) is 23.2. The molecule has 2 fully saturated rings. The van der Waals surface area contributed by atoms with Crippen molar-refractivity contribution < 1.29 is 32.9 Å². The molecule has 0 bridgehead atoms. The maximum absolute atomic E-state index is 15.8. The lowest BCUT2D eigenvalue weighted by atomic mass is 9.99. The number of fused-ring (bicyclic) bond motifs is 3. The van der Waals surface area contributed by atoms with E-state index in [0.29, 0.717) is 18.0 Å². The first-order valence-electron chi connectivity index (χ1n) is 13.1. The highest BCUT2D eigenvalue weighted by Gasteiger charge is 2.34. The number of aromatic hydroxyl groups is 1. The highest BCUT2D eigenvalue weighted by molar-refractivity contribution is 6.37. The predicted molar refractivity (Wildman–Crippen MR) is 150 cm³/mol. The molecule has 218 valence electrons. The number of anilines is 1. The van der Waals surface area contributed by atoms with Crippen LogP contribution < -0.4 is 14.8 Å². The van der Waals surface area contributed by atoms with Gasteiger partial charge in [-0.3, -0.25) is 4.90 Å². The van der Waals surface area contributed by atoms with Crippen molar-refractivity contribution >= 4 is 39.1 Å². The van der Waals surface area contributed by atoms with E-state index in [-0.39, 0.29) is 69.2 Å². The van der Waals surface area contributed by atoms with E-state index >= 15 is 4.39 Å². The normalized spacial score (nSPS) is 18.3. The summed E-state index contributed by atoms with van der Waals surface area (Å²) in [5.41, 5.74) is -0.413. The lowest BCUT2D eigenvalue weighted by Gasteiger charge is -2.16. The molecule has 3 N–H and O–H groups in total. The SMILES string of the molecule is COc1nc(NCCO)c2c(OC)nc(-c3cc(O)cc4ccc(F)c(Cl)c34)c(F)c2n1.FC1CC2CCCN2C1. The second-order valence-corrected chi connectivity index (χ2v) is 10.2. The minimum atomic E-state index is -0.888. The molecule has 41 heavy (non-hydrogen) atoms. The molecule has 0 aliphatic carbocycles. The number of aliphatic hydroxyl groups excluding tert-OH is 1. The number of rotatable bonds is 6. The Morgan fingerprint density at radius 3 is 2.63 bits per heavy atom. The van der Waals surface area contributed by atoms with Crippen molar-refractivity contribution in [3.63, 3.8) is 0 Å². The molecule has 2 aromatic carbocycles. The summed E-state index contributed by atoms with van der Waals surface area (Å²) in [6.45, 7) is 1.77.